The van der Waals surface area contributed by atoms with Crippen molar-refractivity contribution in [3.63, 3.8) is 0 Å². The van der Waals surface area contributed by atoms with Gasteiger partial charge in [0.1, 0.15) is 5.82 Å². The van der Waals surface area contributed by atoms with Crippen LogP contribution in [0.1, 0.15) is 24.6 Å². The van der Waals surface area contributed by atoms with Crippen molar-refractivity contribution in [3.05, 3.63) is 36.2 Å². The number of pyridine rings is 1. The molecule has 0 unspecified atom stereocenters. The summed E-state index contributed by atoms with van der Waals surface area (Å²) in [6, 6.07) is 3.55. The molecule has 0 aliphatic rings. The van der Waals surface area contributed by atoms with Gasteiger partial charge in [-0.1, -0.05) is 0 Å². The third kappa shape index (κ3) is 4.06. The second-order valence-corrected chi connectivity index (χ2v) is 5.09. The molecule has 0 fully saturated rings. The number of aryl methyl sites for hydroxylation is 1. The van der Waals surface area contributed by atoms with Crippen molar-refractivity contribution in [2.75, 3.05) is 5.75 Å². The van der Waals surface area contributed by atoms with Gasteiger partial charge in [-0.05, 0) is 26.0 Å². The van der Waals surface area contributed by atoms with Crippen LogP contribution in [0.4, 0.5) is 0 Å². The normalized spacial score (nSPS) is 12.1. The largest absolute Gasteiger partial charge is 0.346 e. The van der Waals surface area contributed by atoms with Crippen molar-refractivity contribution >= 4 is 17.7 Å². The van der Waals surface area contributed by atoms with E-state index in [-0.39, 0.29) is 11.9 Å². The molecule has 2 rings (SSSR count). The summed E-state index contributed by atoms with van der Waals surface area (Å²) in [7, 11) is 0. The Balaban J connectivity index is 1.81. The van der Waals surface area contributed by atoms with E-state index in [4.69, 9.17) is 0 Å². The number of carbonyl (C=O) groups excluding carboxylic acids is 1. The number of nitrogens with one attached hydrogen (secondary N) is 2. The molecule has 0 saturated carbocycles. The van der Waals surface area contributed by atoms with E-state index in [1.54, 1.807) is 12.4 Å². The minimum absolute atomic E-state index is 0.0447. The Morgan fingerprint density at radius 2 is 2.21 bits per heavy atom. The van der Waals surface area contributed by atoms with Crippen LogP contribution in [0.25, 0.3) is 0 Å². The number of thioether (sulfide) groups is 1. The summed E-state index contributed by atoms with van der Waals surface area (Å²) in [6.45, 7) is 3.68. The van der Waals surface area contributed by atoms with Gasteiger partial charge in [0.2, 0.25) is 5.91 Å². The van der Waals surface area contributed by atoms with E-state index in [1.165, 1.54) is 11.8 Å². The van der Waals surface area contributed by atoms with Gasteiger partial charge in [-0.3, -0.25) is 14.9 Å². The molecule has 0 aliphatic heterocycles. The topological polar surface area (TPSA) is 83.6 Å². The first-order valence-electron chi connectivity index (χ1n) is 5.86. The van der Waals surface area contributed by atoms with Gasteiger partial charge in [-0.2, -0.15) is 5.10 Å². The van der Waals surface area contributed by atoms with Gasteiger partial charge in [-0.15, -0.1) is 11.8 Å². The molecule has 0 spiro atoms. The lowest BCUT2D eigenvalue weighted by Crippen LogP contribution is -2.28. The van der Waals surface area contributed by atoms with Crippen LogP contribution in [-0.2, 0) is 4.79 Å². The number of carbonyl (C=O) groups is 1. The monoisotopic (exact) mass is 277 g/mol. The first-order chi connectivity index (χ1) is 9.15. The average molecular weight is 277 g/mol. The maximum Gasteiger partial charge on any atom is 0.230 e. The molecule has 0 saturated heterocycles. The molecule has 0 aromatic carbocycles. The minimum Gasteiger partial charge on any atom is -0.346 e. The van der Waals surface area contributed by atoms with Gasteiger partial charge in [-0.25, -0.2) is 4.98 Å². The summed E-state index contributed by atoms with van der Waals surface area (Å²) >= 11 is 1.47. The highest BCUT2D eigenvalue weighted by molar-refractivity contribution is 8.00. The Kier molecular flexibility index (Phi) is 4.51. The fourth-order valence-electron chi connectivity index (χ4n) is 1.48. The Hall–Kier alpha value is -1.89. The number of amides is 1. The van der Waals surface area contributed by atoms with E-state index >= 15 is 0 Å². The third-order valence-electron chi connectivity index (χ3n) is 2.40. The molecule has 2 aromatic rings. The Labute approximate surface area is 115 Å². The Bertz CT molecular complexity index is 542. The maximum absolute atomic E-state index is 11.8. The van der Waals surface area contributed by atoms with E-state index in [0.717, 1.165) is 10.7 Å². The molecule has 7 heteroatoms. The number of hydrogen-bond acceptors (Lipinski definition) is 5. The Morgan fingerprint density at radius 1 is 1.47 bits per heavy atom. The van der Waals surface area contributed by atoms with Crippen molar-refractivity contribution < 1.29 is 4.79 Å². The zero-order chi connectivity index (χ0) is 13.7. The van der Waals surface area contributed by atoms with Crippen molar-refractivity contribution in [1.82, 2.24) is 25.5 Å². The minimum atomic E-state index is -0.199. The van der Waals surface area contributed by atoms with E-state index in [1.807, 2.05) is 26.0 Å². The number of hydrogen-bond donors (Lipinski definition) is 2. The summed E-state index contributed by atoms with van der Waals surface area (Å²) in [5, 5.41) is 9.64. The molecule has 1 amide bonds. The highest BCUT2D eigenvalue weighted by Gasteiger charge is 2.13. The molecular weight excluding hydrogens is 262 g/mol. The van der Waals surface area contributed by atoms with Crippen LogP contribution in [0.5, 0.6) is 0 Å². The van der Waals surface area contributed by atoms with Crippen molar-refractivity contribution in [2.24, 2.45) is 0 Å². The molecule has 1 atom stereocenters. The lowest BCUT2D eigenvalue weighted by molar-refractivity contribution is -0.119. The fraction of sp³-hybridized carbons (Fsp3) is 0.333. The first-order valence-corrected chi connectivity index (χ1v) is 6.85. The lowest BCUT2D eigenvalue weighted by atomic mass is 10.3. The summed E-state index contributed by atoms with van der Waals surface area (Å²) in [4.78, 5) is 20.9. The van der Waals surface area contributed by atoms with Crippen molar-refractivity contribution in [3.8, 4) is 0 Å². The van der Waals surface area contributed by atoms with Crippen LogP contribution < -0.4 is 5.32 Å². The van der Waals surface area contributed by atoms with Crippen LogP contribution in [0.15, 0.2) is 29.4 Å². The lowest BCUT2D eigenvalue weighted by Gasteiger charge is -2.10. The third-order valence-corrected chi connectivity index (χ3v) is 3.41. The quantitative estimate of drug-likeness (QED) is 0.809. The molecule has 19 heavy (non-hydrogen) atoms. The summed E-state index contributed by atoms with van der Waals surface area (Å²) in [5.74, 6) is 1.65. The second-order valence-electron chi connectivity index (χ2n) is 4.04. The molecule has 2 heterocycles. The van der Waals surface area contributed by atoms with Crippen LogP contribution >= 0.6 is 11.8 Å². The van der Waals surface area contributed by atoms with Crippen LogP contribution in [-0.4, -0.2) is 31.8 Å². The highest BCUT2D eigenvalue weighted by Crippen LogP contribution is 2.16. The van der Waals surface area contributed by atoms with E-state index in [9.17, 15) is 4.79 Å². The Morgan fingerprint density at radius 3 is 2.84 bits per heavy atom. The van der Waals surface area contributed by atoms with E-state index in [0.29, 0.717) is 11.6 Å². The maximum atomic E-state index is 11.8. The van der Waals surface area contributed by atoms with Crippen molar-refractivity contribution in [1.29, 1.82) is 0 Å². The predicted octanol–water partition coefficient (Wildman–Crippen LogP) is 1.48. The zero-order valence-electron chi connectivity index (χ0n) is 10.8. The zero-order valence-corrected chi connectivity index (χ0v) is 11.6. The second kappa shape index (κ2) is 6.33. The van der Waals surface area contributed by atoms with Gasteiger partial charge in [0.15, 0.2) is 5.82 Å². The fourth-order valence-corrected chi connectivity index (χ4v) is 2.18. The van der Waals surface area contributed by atoms with E-state index in [2.05, 4.69) is 25.5 Å². The molecule has 0 bridgehead atoms. The average Bonchev–Trinajstić information content (AvgIpc) is 2.84. The number of aromatic nitrogens is 4. The summed E-state index contributed by atoms with van der Waals surface area (Å²) < 4.78 is 0. The molecule has 2 N–H and O–H groups in total. The first kappa shape index (κ1) is 13.5. The van der Waals surface area contributed by atoms with Gasteiger partial charge in [0.25, 0.3) is 0 Å². The number of rotatable bonds is 5. The summed E-state index contributed by atoms with van der Waals surface area (Å²) in [6.07, 6.45) is 3.42. The van der Waals surface area contributed by atoms with Gasteiger partial charge in [0, 0.05) is 17.3 Å². The molecular formula is C12H15N5OS. The van der Waals surface area contributed by atoms with Crippen LogP contribution in [0.3, 0.4) is 0 Å². The number of nitrogens with zero attached hydrogens (tertiary/aromatic N) is 3. The number of aromatic amines is 1. The standard InChI is InChI=1S/C12H15N5OS/c1-8(12-15-9(2)16-17-12)14-11(18)7-19-10-3-5-13-6-4-10/h3-6,8H,7H2,1-2H3,(H,14,18)(H,15,16,17)/t8-/m1/s1. The smallest absolute Gasteiger partial charge is 0.230 e. The van der Waals surface area contributed by atoms with Gasteiger partial charge >= 0.3 is 0 Å². The molecule has 6 nitrogen and oxygen atoms in total. The van der Waals surface area contributed by atoms with Crippen LogP contribution in [0.2, 0.25) is 0 Å². The molecule has 2 aromatic heterocycles. The van der Waals surface area contributed by atoms with Gasteiger partial charge < -0.3 is 5.32 Å². The van der Waals surface area contributed by atoms with Crippen molar-refractivity contribution in [2.45, 2.75) is 24.8 Å². The molecule has 0 aliphatic carbocycles. The number of H-pyrrole nitrogens is 1. The molecule has 100 valence electrons. The van der Waals surface area contributed by atoms with Crippen LogP contribution in [0, 0.1) is 6.92 Å². The predicted molar refractivity (Wildman–Crippen MR) is 72.6 cm³/mol. The summed E-state index contributed by atoms with van der Waals surface area (Å²) in [5.41, 5.74) is 0. The SMILES string of the molecule is Cc1nc([C@@H](C)NC(=O)CSc2ccncc2)n[nH]1. The van der Waals surface area contributed by atoms with Gasteiger partial charge in [0.05, 0.1) is 11.8 Å². The molecule has 0 radical (unpaired) electrons. The van der Waals surface area contributed by atoms with E-state index < -0.39 is 0 Å². The highest BCUT2D eigenvalue weighted by atomic mass is 32.2.